The molecular weight excluding hydrogens is 399 g/mol. The minimum atomic E-state index is -1.47. The Balaban J connectivity index is 2.09. The summed E-state index contributed by atoms with van der Waals surface area (Å²) in [6.45, 7) is 0. The van der Waals surface area contributed by atoms with Gasteiger partial charge < -0.3 is 0 Å². The van der Waals surface area contributed by atoms with Crippen molar-refractivity contribution in [3.05, 3.63) is 54.6 Å². The van der Waals surface area contributed by atoms with Crippen LogP contribution in [0.2, 0.25) is 0 Å². The maximum atomic E-state index is 6.07. The predicted molar refractivity (Wildman–Crippen MR) is 67.5 cm³/mol. The summed E-state index contributed by atoms with van der Waals surface area (Å²) in [6, 6.07) is 18.8. The summed E-state index contributed by atoms with van der Waals surface area (Å²) in [7, 11) is 4.09. The number of hydrogen-bond donors (Lipinski definition) is 0. The van der Waals surface area contributed by atoms with Crippen LogP contribution in [0.4, 0.5) is 5.69 Å². The minimum absolute atomic E-state index is 1.02. The first-order valence-electron chi connectivity index (χ1n) is 5.70. The summed E-state index contributed by atoms with van der Waals surface area (Å²) in [5, 5.41) is 0. The van der Waals surface area contributed by atoms with Crippen molar-refractivity contribution in [1.29, 1.82) is 0 Å². The summed E-state index contributed by atoms with van der Waals surface area (Å²) in [5.41, 5.74) is 1.16. The van der Waals surface area contributed by atoms with E-state index in [0.717, 1.165) is 11.4 Å². The molecule has 0 atom stereocenters. The Bertz CT molecular complexity index is 471. The van der Waals surface area contributed by atoms with Crippen molar-refractivity contribution in [2.45, 2.75) is 0 Å². The molecule has 0 radical (unpaired) electrons. The third kappa shape index (κ3) is 3.46. The first-order chi connectivity index (χ1) is 8.27. The molecule has 0 spiro atoms. The number of nitrogens with zero attached hydrogens (tertiary/aromatic N) is 1. The van der Waals surface area contributed by atoms with Crippen molar-refractivity contribution < 1.29 is 27.7 Å². The normalized spacial score (nSPS) is 9.53. The van der Waals surface area contributed by atoms with Crippen LogP contribution in [0.3, 0.4) is 0 Å². The van der Waals surface area contributed by atoms with Gasteiger partial charge in [0.2, 0.25) is 0 Å². The summed E-state index contributed by atoms with van der Waals surface area (Å²) >= 11 is -1.47. The zero-order chi connectivity index (χ0) is 12.1. The van der Waals surface area contributed by atoms with E-state index in [1.807, 2.05) is 32.3 Å². The van der Waals surface area contributed by atoms with Crippen molar-refractivity contribution in [3.8, 4) is 5.75 Å². The van der Waals surface area contributed by atoms with Gasteiger partial charge in [-0.3, -0.25) is 0 Å². The van der Waals surface area contributed by atoms with Gasteiger partial charge in [-0.15, -0.1) is 0 Å². The Morgan fingerprint density at radius 1 is 0.882 bits per heavy atom. The second-order valence-corrected chi connectivity index (χ2v) is 9.55. The average molecular weight is 414 g/mol. The van der Waals surface area contributed by atoms with E-state index in [4.69, 9.17) is 2.64 Å². The van der Waals surface area contributed by atoms with E-state index in [1.54, 1.807) is 0 Å². The van der Waals surface area contributed by atoms with Crippen LogP contribution in [0, 0.1) is 0 Å². The third-order valence-electron chi connectivity index (χ3n) is 2.58. The monoisotopic (exact) mass is 415 g/mol. The molecule has 0 aromatic heterocycles. The van der Waals surface area contributed by atoms with Crippen LogP contribution in [0.25, 0.3) is 0 Å². The van der Waals surface area contributed by atoms with Crippen molar-refractivity contribution in [1.82, 2.24) is 0 Å². The second-order valence-electron chi connectivity index (χ2n) is 4.14. The van der Waals surface area contributed by atoms with E-state index in [-0.39, 0.29) is 0 Å². The van der Waals surface area contributed by atoms with Crippen molar-refractivity contribution in [3.63, 3.8) is 0 Å². The maximum absolute atomic E-state index is 6.07. The van der Waals surface area contributed by atoms with E-state index in [9.17, 15) is 0 Å². The number of anilines is 1. The molecule has 17 heavy (non-hydrogen) atoms. The molecule has 0 amide bonds. The third-order valence-corrected chi connectivity index (χ3v) is 7.48. The fourth-order valence-electron chi connectivity index (χ4n) is 1.68. The molecule has 2 aromatic rings. The SMILES string of the molecule is CN(C)c1ccccc1[O][Hg][c]1ccccc1. The summed E-state index contributed by atoms with van der Waals surface area (Å²) < 4.78 is 7.47. The van der Waals surface area contributed by atoms with E-state index < -0.39 is 25.0 Å². The zero-order valence-corrected chi connectivity index (χ0v) is 15.8. The quantitative estimate of drug-likeness (QED) is 0.714. The molecule has 0 aliphatic carbocycles. The molecule has 0 fully saturated rings. The number of benzene rings is 2. The molecule has 0 N–H and O–H groups in total. The molecule has 3 heteroatoms. The first kappa shape index (κ1) is 12.4. The predicted octanol–water partition coefficient (Wildman–Crippen LogP) is 2.45. The standard InChI is InChI=1S/C8H11NO.C6H5.Hg/c1-9(2)7-5-3-4-6-8(7)10;1-2-4-6-5-3-1;/h3-6,10H,1-2H3;1-5H;/q;;+1/p-1. The van der Waals surface area contributed by atoms with Gasteiger partial charge in [-0.25, -0.2) is 0 Å². The van der Waals surface area contributed by atoms with Crippen molar-refractivity contribution in [2.75, 3.05) is 19.0 Å². The van der Waals surface area contributed by atoms with E-state index >= 15 is 0 Å². The van der Waals surface area contributed by atoms with E-state index in [2.05, 4.69) is 41.3 Å². The molecular formula is C14H15HgNO. The van der Waals surface area contributed by atoms with Gasteiger partial charge in [-0.2, -0.15) is 0 Å². The summed E-state index contributed by atoms with van der Waals surface area (Å²) in [5.74, 6) is 1.02. The Kier molecular flexibility index (Phi) is 4.43. The van der Waals surface area contributed by atoms with Crippen molar-refractivity contribution in [2.24, 2.45) is 0 Å². The fraction of sp³-hybridized carbons (Fsp3) is 0.143. The Labute approximate surface area is 115 Å². The van der Waals surface area contributed by atoms with Crippen LogP contribution in [-0.4, -0.2) is 14.1 Å². The first-order valence-corrected chi connectivity index (χ1v) is 10.7. The van der Waals surface area contributed by atoms with Gasteiger partial charge in [0.15, 0.2) is 0 Å². The van der Waals surface area contributed by atoms with Gasteiger partial charge in [0.25, 0.3) is 0 Å². The Morgan fingerprint density at radius 3 is 2.24 bits per heavy atom. The molecule has 2 nitrogen and oxygen atoms in total. The molecule has 0 saturated carbocycles. The van der Waals surface area contributed by atoms with Gasteiger partial charge in [0.1, 0.15) is 0 Å². The van der Waals surface area contributed by atoms with E-state index in [0.29, 0.717) is 0 Å². The van der Waals surface area contributed by atoms with Gasteiger partial charge in [0.05, 0.1) is 0 Å². The molecule has 0 bridgehead atoms. The zero-order valence-electron chi connectivity index (χ0n) is 10.3. The average Bonchev–Trinajstić information content (AvgIpc) is 2.38. The van der Waals surface area contributed by atoms with Crippen LogP contribution in [0.15, 0.2) is 54.6 Å². The van der Waals surface area contributed by atoms with Gasteiger partial charge >= 0.3 is 116 Å². The van der Waals surface area contributed by atoms with Crippen LogP contribution < -0.4 is 10.6 Å². The van der Waals surface area contributed by atoms with Crippen molar-refractivity contribution >= 4 is 8.76 Å². The van der Waals surface area contributed by atoms with Crippen LogP contribution in [-0.2, 0) is 25.0 Å². The van der Waals surface area contributed by atoms with Crippen LogP contribution in [0.5, 0.6) is 5.75 Å². The molecule has 0 saturated heterocycles. The molecule has 0 heterocycles. The molecule has 2 aromatic carbocycles. The molecule has 84 valence electrons. The summed E-state index contributed by atoms with van der Waals surface area (Å²) in [4.78, 5) is 2.09. The molecule has 2 rings (SSSR count). The van der Waals surface area contributed by atoms with Gasteiger partial charge in [-0.05, 0) is 0 Å². The van der Waals surface area contributed by atoms with Gasteiger partial charge in [0, 0.05) is 0 Å². The molecule has 0 aliphatic heterocycles. The molecule has 0 aliphatic rings. The second kappa shape index (κ2) is 6.06. The van der Waals surface area contributed by atoms with Gasteiger partial charge in [-0.1, -0.05) is 0 Å². The van der Waals surface area contributed by atoms with E-state index in [1.165, 1.54) is 3.07 Å². The van der Waals surface area contributed by atoms with Crippen LogP contribution in [0.1, 0.15) is 0 Å². The summed E-state index contributed by atoms with van der Waals surface area (Å²) in [6.07, 6.45) is 0. The number of rotatable bonds is 4. The fourth-order valence-corrected chi connectivity index (χ4v) is 5.69. The Hall–Kier alpha value is -1.02. The number of para-hydroxylation sites is 2. The van der Waals surface area contributed by atoms with Crippen LogP contribution >= 0.6 is 0 Å². The molecule has 0 unspecified atom stereocenters. The topological polar surface area (TPSA) is 12.5 Å². The Morgan fingerprint density at radius 2 is 1.53 bits per heavy atom. The number of hydrogen-bond acceptors (Lipinski definition) is 2.